The third-order valence-corrected chi connectivity index (χ3v) is 5.61. The Hall–Kier alpha value is -3.90. The average Bonchev–Trinajstić information content (AvgIpc) is 3.37. The Bertz CT molecular complexity index is 1400. The van der Waals surface area contributed by atoms with Gasteiger partial charge in [0.1, 0.15) is 11.4 Å². The first-order valence-corrected chi connectivity index (χ1v) is 10.5. The number of aliphatic imine (C=N–C) groups is 1. The number of allylic oxidation sites excluding steroid dienone is 1. The zero-order valence-corrected chi connectivity index (χ0v) is 19.1. The summed E-state index contributed by atoms with van der Waals surface area (Å²) < 4.78 is 9.03. The number of aromatic amines is 1. The van der Waals surface area contributed by atoms with Crippen molar-refractivity contribution in [2.45, 2.75) is 13.5 Å². The summed E-state index contributed by atoms with van der Waals surface area (Å²) in [6.45, 7) is 2.49. The lowest BCUT2D eigenvalue weighted by Gasteiger charge is -2.05. The summed E-state index contributed by atoms with van der Waals surface area (Å²) in [5.41, 5.74) is 6.02. The van der Waals surface area contributed by atoms with Crippen molar-refractivity contribution in [3.63, 3.8) is 0 Å². The van der Waals surface area contributed by atoms with Gasteiger partial charge in [0.15, 0.2) is 11.9 Å². The number of ether oxygens (including phenoxy) is 1. The number of aromatic nitrogens is 3. The summed E-state index contributed by atoms with van der Waals surface area (Å²) >= 11 is 0. The number of rotatable bonds is 5. The Labute approximate surface area is 197 Å². The topological polar surface area (TPSA) is 63.3 Å². The molecule has 5 rings (SSSR count). The molecule has 0 fully saturated rings. The third-order valence-electron chi connectivity index (χ3n) is 5.61. The minimum atomic E-state index is -0.132. The van der Waals surface area contributed by atoms with Gasteiger partial charge in [-0.25, -0.2) is 4.99 Å². The summed E-state index contributed by atoms with van der Waals surface area (Å²) in [5.74, 6) is 0.799. The van der Waals surface area contributed by atoms with E-state index < -0.39 is 0 Å². The summed E-state index contributed by atoms with van der Waals surface area (Å²) in [7, 11) is 1.66. The average molecular weight is 459 g/mol. The van der Waals surface area contributed by atoms with Crippen LogP contribution in [0.3, 0.4) is 0 Å². The lowest BCUT2D eigenvalue weighted by molar-refractivity contribution is -0.577. The Morgan fingerprint density at radius 1 is 0.970 bits per heavy atom. The summed E-state index contributed by atoms with van der Waals surface area (Å²) in [6, 6.07) is 24.2. The maximum absolute atomic E-state index is 12.8. The molecule has 166 valence electrons. The van der Waals surface area contributed by atoms with Gasteiger partial charge < -0.3 is 22.2 Å². The van der Waals surface area contributed by atoms with Gasteiger partial charge in [0, 0.05) is 30.4 Å². The van der Waals surface area contributed by atoms with E-state index in [0.717, 1.165) is 39.6 Å². The Kier molecular flexibility index (Phi) is 6.29. The predicted octanol–water partition coefficient (Wildman–Crippen LogP) is 1.05. The number of pyridine rings is 1. The number of nitrogens with zero attached hydrogens (tertiary/aromatic N) is 3. The SMILES string of the molecule is CCn1[nH]cc(N=C2C(c3ccccc3)=C(c3ccc(OC)cc3)[n+]3ccccc32)c1=O.[Cl-]. The minimum absolute atomic E-state index is 0. The molecule has 1 N–H and O–H groups in total. The smallest absolute Gasteiger partial charge is 0.292 e. The number of H-pyrrole nitrogens is 1. The van der Waals surface area contributed by atoms with Crippen LogP contribution in [0.4, 0.5) is 5.69 Å². The van der Waals surface area contributed by atoms with Gasteiger partial charge in [0.2, 0.25) is 11.4 Å². The molecule has 1 aliphatic heterocycles. The molecule has 0 spiro atoms. The van der Waals surface area contributed by atoms with E-state index in [1.807, 2.05) is 73.8 Å². The van der Waals surface area contributed by atoms with E-state index >= 15 is 0 Å². The van der Waals surface area contributed by atoms with Gasteiger partial charge in [-0.15, -0.1) is 0 Å². The number of nitrogens with one attached hydrogen (secondary N) is 1. The lowest BCUT2D eigenvalue weighted by Crippen LogP contribution is -3.00. The molecule has 33 heavy (non-hydrogen) atoms. The molecule has 6 nitrogen and oxygen atoms in total. The standard InChI is InChI=1S/C26H22N4O2.ClH/c1-3-30-26(31)21(17-27-30)28-24-22-11-7-8-16-29(22)25(19-12-14-20(32-2)15-13-19)23(24)18-9-5-4-6-10-18;/h4-17H,3H2,1-2H3;1H. The van der Waals surface area contributed by atoms with Crippen molar-refractivity contribution >= 4 is 22.7 Å². The van der Waals surface area contributed by atoms with E-state index in [9.17, 15) is 4.79 Å². The molecule has 0 amide bonds. The number of benzene rings is 2. The fourth-order valence-electron chi connectivity index (χ4n) is 4.05. The second-order valence-electron chi connectivity index (χ2n) is 7.44. The quantitative estimate of drug-likeness (QED) is 0.454. The van der Waals surface area contributed by atoms with Gasteiger partial charge in [0.05, 0.1) is 12.7 Å². The highest BCUT2D eigenvalue weighted by atomic mass is 35.5. The maximum atomic E-state index is 12.8. The fraction of sp³-hybridized carbons (Fsp3) is 0.115. The van der Waals surface area contributed by atoms with Crippen LogP contribution < -0.4 is 27.3 Å². The molecule has 0 saturated carbocycles. The number of halogens is 1. The molecular formula is C26H23ClN4O2. The van der Waals surface area contributed by atoms with Crippen molar-refractivity contribution in [2.24, 2.45) is 4.99 Å². The zero-order valence-electron chi connectivity index (χ0n) is 18.3. The van der Waals surface area contributed by atoms with Gasteiger partial charge in [-0.3, -0.25) is 9.48 Å². The first kappa shape index (κ1) is 22.3. The molecule has 2 aromatic heterocycles. The third kappa shape index (κ3) is 3.90. The highest BCUT2D eigenvalue weighted by molar-refractivity contribution is 6.37. The van der Waals surface area contributed by atoms with E-state index in [1.54, 1.807) is 18.0 Å². The molecule has 1 aliphatic rings. The van der Waals surface area contributed by atoms with Crippen molar-refractivity contribution in [3.8, 4) is 5.75 Å². The Morgan fingerprint density at radius 2 is 1.70 bits per heavy atom. The molecule has 0 aliphatic carbocycles. The Morgan fingerprint density at radius 3 is 2.36 bits per heavy atom. The van der Waals surface area contributed by atoms with Crippen molar-refractivity contribution in [1.82, 2.24) is 9.78 Å². The predicted molar refractivity (Wildman–Crippen MR) is 125 cm³/mol. The molecular weight excluding hydrogens is 436 g/mol. The van der Waals surface area contributed by atoms with Crippen LogP contribution >= 0.6 is 0 Å². The van der Waals surface area contributed by atoms with Crippen molar-refractivity contribution in [2.75, 3.05) is 7.11 Å². The van der Waals surface area contributed by atoms with Crippen molar-refractivity contribution < 1.29 is 21.7 Å². The van der Waals surface area contributed by atoms with E-state index in [2.05, 4.69) is 21.8 Å². The van der Waals surface area contributed by atoms with Gasteiger partial charge in [-0.2, -0.15) is 4.57 Å². The number of hydrogen-bond donors (Lipinski definition) is 1. The van der Waals surface area contributed by atoms with Gasteiger partial charge >= 0.3 is 0 Å². The number of methoxy groups -OCH3 is 1. The molecule has 7 heteroatoms. The molecule has 4 aromatic rings. The molecule has 0 radical (unpaired) electrons. The second-order valence-corrected chi connectivity index (χ2v) is 7.44. The first-order valence-electron chi connectivity index (χ1n) is 10.5. The van der Waals surface area contributed by atoms with Crippen LogP contribution in [0, 0.1) is 0 Å². The molecule has 0 bridgehead atoms. The van der Waals surface area contributed by atoms with Crippen LogP contribution in [-0.4, -0.2) is 22.6 Å². The van der Waals surface area contributed by atoms with Crippen LogP contribution in [0.15, 0.2) is 95.0 Å². The Balaban J connectivity index is 0.00000259. The molecule has 0 atom stereocenters. The van der Waals surface area contributed by atoms with Gasteiger partial charge in [0.25, 0.3) is 5.56 Å². The second kappa shape index (κ2) is 9.30. The summed E-state index contributed by atoms with van der Waals surface area (Å²) in [4.78, 5) is 17.6. The summed E-state index contributed by atoms with van der Waals surface area (Å²) in [6.07, 6.45) is 3.70. The molecule has 0 unspecified atom stereocenters. The van der Waals surface area contributed by atoms with Crippen molar-refractivity contribution in [1.29, 1.82) is 0 Å². The van der Waals surface area contributed by atoms with Crippen LogP contribution in [0.5, 0.6) is 5.75 Å². The van der Waals surface area contributed by atoms with E-state index in [0.29, 0.717) is 12.2 Å². The van der Waals surface area contributed by atoms with Crippen LogP contribution in [0.2, 0.25) is 0 Å². The first-order chi connectivity index (χ1) is 15.7. The van der Waals surface area contributed by atoms with Crippen molar-refractivity contribution in [3.05, 3.63) is 112 Å². The van der Waals surface area contributed by atoms with E-state index in [-0.39, 0.29) is 18.0 Å². The van der Waals surface area contributed by atoms with Gasteiger partial charge in [-0.05, 0) is 42.8 Å². The van der Waals surface area contributed by atoms with Gasteiger partial charge in [-0.1, -0.05) is 30.3 Å². The number of fused-ring (bicyclic) bond motifs is 1. The molecule has 0 saturated heterocycles. The monoisotopic (exact) mass is 458 g/mol. The highest BCUT2D eigenvalue weighted by Crippen LogP contribution is 2.34. The maximum Gasteiger partial charge on any atom is 0.292 e. The van der Waals surface area contributed by atoms with E-state index in [4.69, 9.17) is 9.73 Å². The number of hydrogen-bond acceptors (Lipinski definition) is 3. The molecule has 3 heterocycles. The molecule has 2 aromatic carbocycles. The van der Waals surface area contributed by atoms with E-state index in [1.165, 1.54) is 0 Å². The summed E-state index contributed by atoms with van der Waals surface area (Å²) in [5, 5.41) is 2.99. The normalized spacial score (nSPS) is 13.7. The zero-order chi connectivity index (χ0) is 22.1. The highest BCUT2D eigenvalue weighted by Gasteiger charge is 2.38. The van der Waals surface area contributed by atoms with Crippen LogP contribution in [0.25, 0.3) is 11.3 Å². The number of aryl methyl sites for hydroxylation is 1. The minimum Gasteiger partial charge on any atom is -1.00 e. The lowest BCUT2D eigenvalue weighted by atomic mass is 9.97. The van der Waals surface area contributed by atoms with Crippen LogP contribution in [0.1, 0.15) is 23.7 Å². The largest absolute Gasteiger partial charge is 1.00 e. The fourth-order valence-corrected chi connectivity index (χ4v) is 4.05. The van der Waals surface area contributed by atoms with Crippen LogP contribution in [-0.2, 0) is 6.54 Å².